The van der Waals surface area contributed by atoms with Crippen molar-refractivity contribution >= 4 is 38.4 Å². The SMILES string of the molecule is CC(C)c1cc(C(C)C)c(Pc2cccc3c2Cc2c(cccc2Pc2c(C(C)C)cc(C(C)C)cc2C(C)C)C3)c(C(C)C)c1. The second-order valence-electron chi connectivity index (χ2n) is 15.6. The predicted molar refractivity (Wildman–Crippen MR) is 211 cm³/mol. The third-order valence-electron chi connectivity index (χ3n) is 10.1. The van der Waals surface area contributed by atoms with E-state index in [0.717, 1.165) is 12.8 Å². The van der Waals surface area contributed by atoms with E-state index < -0.39 is 0 Å². The standard InChI is InChI=1S/C44H58P2/c1-25(2)33-20-35(27(5)6)43(36(21-33)28(7)8)45-41-17-13-15-31-19-32-16-14-18-42(40(32)24-39(31)41)46-44-37(29(9)10)22-34(26(3)4)23-38(44)30(11)12/h13-18,20-23,25-30,45-46H,19,24H2,1-12H3. The lowest BCUT2D eigenvalue weighted by molar-refractivity contribution is 0.813. The number of hydrogen-bond donors (Lipinski definition) is 0. The molecule has 0 saturated carbocycles. The van der Waals surface area contributed by atoms with Crippen molar-refractivity contribution in [2.75, 3.05) is 0 Å². The number of benzene rings is 4. The Labute approximate surface area is 285 Å². The number of fused-ring (bicyclic) bond motifs is 2. The lowest BCUT2D eigenvalue weighted by Crippen LogP contribution is -2.25. The molecule has 0 radical (unpaired) electrons. The molecule has 0 amide bonds. The molecule has 5 rings (SSSR count). The second-order valence-corrected chi connectivity index (χ2v) is 18.1. The van der Waals surface area contributed by atoms with Crippen molar-refractivity contribution in [2.45, 2.75) is 131 Å². The van der Waals surface area contributed by atoms with Gasteiger partial charge in [0.2, 0.25) is 0 Å². The monoisotopic (exact) mass is 648 g/mol. The molecular weight excluding hydrogens is 590 g/mol. The van der Waals surface area contributed by atoms with Gasteiger partial charge in [-0.3, -0.25) is 0 Å². The summed E-state index contributed by atoms with van der Waals surface area (Å²) in [7, 11) is 1.37. The van der Waals surface area contributed by atoms with E-state index in [1.165, 1.54) is 22.3 Å². The molecule has 0 fully saturated rings. The topological polar surface area (TPSA) is 0 Å². The summed E-state index contributed by atoms with van der Waals surface area (Å²) in [5.41, 5.74) is 15.4. The van der Waals surface area contributed by atoms with Crippen molar-refractivity contribution in [1.29, 1.82) is 0 Å². The Balaban J connectivity index is 1.59. The molecule has 0 heterocycles. The fourth-order valence-corrected chi connectivity index (χ4v) is 10.8. The van der Waals surface area contributed by atoms with Crippen LogP contribution < -0.4 is 21.2 Å². The lowest BCUT2D eigenvalue weighted by atomic mass is 9.86. The van der Waals surface area contributed by atoms with Crippen molar-refractivity contribution in [3.8, 4) is 0 Å². The molecule has 4 aromatic rings. The van der Waals surface area contributed by atoms with Gasteiger partial charge >= 0.3 is 0 Å². The first-order valence-electron chi connectivity index (χ1n) is 17.9. The average molecular weight is 649 g/mol. The Bertz CT molecular complexity index is 1520. The van der Waals surface area contributed by atoms with Gasteiger partial charge < -0.3 is 0 Å². The van der Waals surface area contributed by atoms with Gasteiger partial charge in [0.15, 0.2) is 0 Å². The van der Waals surface area contributed by atoms with Crippen LogP contribution in [0.4, 0.5) is 0 Å². The van der Waals surface area contributed by atoms with Gasteiger partial charge in [0, 0.05) is 0 Å². The molecule has 2 atom stereocenters. The van der Waals surface area contributed by atoms with E-state index >= 15 is 0 Å². The van der Waals surface area contributed by atoms with Gasteiger partial charge in [0.25, 0.3) is 0 Å². The highest BCUT2D eigenvalue weighted by Crippen LogP contribution is 2.36. The van der Waals surface area contributed by atoms with Crippen LogP contribution >= 0.6 is 17.2 Å². The summed E-state index contributed by atoms with van der Waals surface area (Å²) in [6.07, 6.45) is 2.09. The first-order chi connectivity index (χ1) is 21.8. The number of hydrogen-bond acceptors (Lipinski definition) is 0. The smallest absolute Gasteiger partial charge is 0.000736 e. The highest BCUT2D eigenvalue weighted by atomic mass is 31.1. The van der Waals surface area contributed by atoms with Gasteiger partial charge in [-0.25, -0.2) is 0 Å². The van der Waals surface area contributed by atoms with E-state index in [9.17, 15) is 0 Å². The minimum absolute atomic E-state index is 0.513. The van der Waals surface area contributed by atoms with Crippen molar-refractivity contribution in [3.63, 3.8) is 0 Å². The zero-order valence-electron chi connectivity index (χ0n) is 30.7. The predicted octanol–water partition coefficient (Wildman–Crippen LogP) is 11.2. The van der Waals surface area contributed by atoms with Gasteiger partial charge in [-0.2, -0.15) is 0 Å². The maximum Gasteiger partial charge on any atom is -0.000736 e. The third-order valence-corrected chi connectivity index (χ3v) is 13.2. The normalized spacial score (nSPS) is 13.6. The van der Waals surface area contributed by atoms with Crippen molar-refractivity contribution in [2.24, 2.45) is 0 Å². The van der Waals surface area contributed by atoms with Crippen LogP contribution in [0.3, 0.4) is 0 Å². The van der Waals surface area contributed by atoms with E-state index in [-0.39, 0.29) is 0 Å². The second kappa shape index (κ2) is 14.5. The average Bonchev–Trinajstić information content (AvgIpc) is 2.99. The molecule has 1 aliphatic rings. The van der Waals surface area contributed by atoms with Gasteiger partial charge in [-0.05, 0) is 125 Å². The first kappa shape index (κ1) is 35.1. The quantitative estimate of drug-likeness (QED) is 0.132. The molecule has 2 heteroatoms. The summed E-state index contributed by atoms with van der Waals surface area (Å²) in [5, 5.41) is 6.29. The van der Waals surface area contributed by atoms with Crippen LogP contribution in [0.25, 0.3) is 0 Å². The molecule has 0 N–H and O–H groups in total. The molecular formula is C44H58P2. The molecule has 0 saturated heterocycles. The van der Waals surface area contributed by atoms with E-state index in [0.29, 0.717) is 52.7 Å². The van der Waals surface area contributed by atoms with Gasteiger partial charge in [0.1, 0.15) is 0 Å². The highest BCUT2D eigenvalue weighted by molar-refractivity contribution is 7.56. The van der Waals surface area contributed by atoms with Gasteiger partial charge in [-0.1, -0.05) is 161 Å². The number of rotatable bonds is 10. The van der Waals surface area contributed by atoms with Crippen LogP contribution in [0.2, 0.25) is 0 Å². The Morgan fingerprint density at radius 3 is 1.02 bits per heavy atom. The molecule has 2 unspecified atom stereocenters. The summed E-state index contributed by atoms with van der Waals surface area (Å²) in [6.45, 7) is 28.4. The van der Waals surface area contributed by atoms with E-state index in [2.05, 4.69) is 144 Å². The van der Waals surface area contributed by atoms with Crippen LogP contribution in [-0.4, -0.2) is 0 Å². The Kier molecular flexibility index (Phi) is 11.0. The Morgan fingerprint density at radius 2 is 0.739 bits per heavy atom. The Morgan fingerprint density at radius 1 is 0.413 bits per heavy atom. The van der Waals surface area contributed by atoms with Crippen LogP contribution in [0.15, 0.2) is 60.7 Å². The molecule has 0 bridgehead atoms. The maximum atomic E-state index is 2.52. The fraction of sp³-hybridized carbons (Fsp3) is 0.455. The zero-order valence-corrected chi connectivity index (χ0v) is 32.7. The largest absolute Gasteiger partial charge is 0.0613 e. The zero-order chi connectivity index (χ0) is 33.4. The van der Waals surface area contributed by atoms with Gasteiger partial charge in [0.05, 0.1) is 0 Å². The summed E-state index contributed by atoms with van der Waals surface area (Å²) in [6, 6.07) is 24.4. The minimum atomic E-state index is 0.513. The van der Waals surface area contributed by atoms with Crippen LogP contribution in [-0.2, 0) is 12.8 Å². The summed E-state index contributed by atoms with van der Waals surface area (Å²) < 4.78 is 0. The van der Waals surface area contributed by atoms with Crippen LogP contribution in [0.1, 0.15) is 174 Å². The maximum absolute atomic E-state index is 2.52. The summed E-state index contributed by atoms with van der Waals surface area (Å²) >= 11 is 0. The summed E-state index contributed by atoms with van der Waals surface area (Å²) in [4.78, 5) is 0. The molecule has 0 spiro atoms. The molecule has 1 aliphatic carbocycles. The third kappa shape index (κ3) is 7.25. The lowest BCUT2D eigenvalue weighted by Gasteiger charge is -2.28. The van der Waals surface area contributed by atoms with E-state index in [1.54, 1.807) is 54.6 Å². The molecule has 0 nitrogen and oxygen atoms in total. The fourth-order valence-electron chi connectivity index (χ4n) is 7.10. The van der Waals surface area contributed by atoms with Crippen molar-refractivity contribution in [1.82, 2.24) is 0 Å². The Hall–Kier alpha value is -2.26. The van der Waals surface area contributed by atoms with E-state index in [1.807, 2.05) is 0 Å². The van der Waals surface area contributed by atoms with Crippen LogP contribution in [0, 0.1) is 0 Å². The van der Waals surface area contributed by atoms with E-state index in [4.69, 9.17) is 0 Å². The highest BCUT2D eigenvalue weighted by Gasteiger charge is 2.25. The molecule has 46 heavy (non-hydrogen) atoms. The minimum Gasteiger partial charge on any atom is -0.0613 e. The van der Waals surface area contributed by atoms with Crippen molar-refractivity contribution < 1.29 is 0 Å². The summed E-state index contributed by atoms with van der Waals surface area (Å²) in [5.74, 6) is 3.14. The molecule has 0 aromatic heterocycles. The van der Waals surface area contributed by atoms with Gasteiger partial charge in [-0.15, -0.1) is 0 Å². The molecule has 244 valence electrons. The first-order valence-corrected chi connectivity index (χ1v) is 19.9. The van der Waals surface area contributed by atoms with Crippen LogP contribution in [0.5, 0.6) is 0 Å². The molecule has 4 aromatic carbocycles. The van der Waals surface area contributed by atoms with Crippen molar-refractivity contribution in [3.05, 3.63) is 116 Å². The molecule has 0 aliphatic heterocycles.